The van der Waals surface area contributed by atoms with E-state index in [1.54, 1.807) is 49.4 Å². The molecule has 0 unspecified atom stereocenters. The van der Waals surface area contributed by atoms with Crippen LogP contribution in [0.4, 0.5) is 5.69 Å². The van der Waals surface area contributed by atoms with Gasteiger partial charge in [0.1, 0.15) is 0 Å². The third-order valence-electron chi connectivity index (χ3n) is 4.71. The summed E-state index contributed by atoms with van der Waals surface area (Å²) in [6, 6.07) is 21.3. The highest BCUT2D eigenvalue weighted by atomic mass is 32.2. The Morgan fingerprint density at radius 2 is 1.65 bits per heavy atom. The van der Waals surface area contributed by atoms with Crippen molar-refractivity contribution in [2.24, 2.45) is 0 Å². The third-order valence-corrected chi connectivity index (χ3v) is 6.09. The largest absolute Gasteiger partial charge is 0.375 e. The molecule has 3 aromatic carbocycles. The monoisotopic (exact) mass is 438 g/mol. The number of hydrogen-bond donors (Lipinski definition) is 2. The van der Waals surface area contributed by atoms with Gasteiger partial charge in [0.25, 0.3) is 15.9 Å². The van der Waals surface area contributed by atoms with Crippen LogP contribution < -0.4 is 10.0 Å². The Balaban J connectivity index is 1.53. The smallest absolute Gasteiger partial charge is 0.261 e. The Kier molecular flexibility index (Phi) is 7.44. The summed E-state index contributed by atoms with van der Waals surface area (Å²) in [6.45, 7) is 4.92. The number of nitrogens with one attached hydrogen (secondary N) is 2. The molecule has 0 atom stereocenters. The van der Waals surface area contributed by atoms with Crippen LogP contribution in [0, 0.1) is 13.8 Å². The molecule has 0 bridgehead atoms. The van der Waals surface area contributed by atoms with E-state index in [0.29, 0.717) is 36.6 Å². The first-order chi connectivity index (χ1) is 14.8. The van der Waals surface area contributed by atoms with E-state index in [4.69, 9.17) is 4.74 Å². The topological polar surface area (TPSA) is 84.5 Å². The highest BCUT2D eigenvalue weighted by Crippen LogP contribution is 2.21. The summed E-state index contributed by atoms with van der Waals surface area (Å²) in [5.74, 6) is -0.237. The van der Waals surface area contributed by atoms with Gasteiger partial charge in [0.15, 0.2) is 0 Å². The highest BCUT2D eigenvalue weighted by Gasteiger charge is 2.16. The maximum absolute atomic E-state index is 12.6. The Hall–Kier alpha value is -3.16. The van der Waals surface area contributed by atoms with Gasteiger partial charge in [-0.2, -0.15) is 0 Å². The SMILES string of the molecule is Cc1ccc(S(=O)(=O)Nc2ccc(C(=O)NCCOCc3ccccc3)cc2C)cc1. The number of hydrogen-bond acceptors (Lipinski definition) is 4. The maximum atomic E-state index is 12.6. The number of carbonyl (C=O) groups is 1. The van der Waals surface area contributed by atoms with Gasteiger partial charge in [-0.3, -0.25) is 9.52 Å². The molecule has 0 fully saturated rings. The average molecular weight is 439 g/mol. The molecule has 0 heterocycles. The van der Waals surface area contributed by atoms with Crippen molar-refractivity contribution in [1.82, 2.24) is 5.32 Å². The molecule has 31 heavy (non-hydrogen) atoms. The van der Waals surface area contributed by atoms with Crippen LogP contribution in [0.1, 0.15) is 27.0 Å². The number of ether oxygens (including phenoxy) is 1. The molecule has 1 amide bonds. The van der Waals surface area contributed by atoms with Gasteiger partial charge in [0, 0.05) is 12.1 Å². The summed E-state index contributed by atoms with van der Waals surface area (Å²) in [6.07, 6.45) is 0. The molecule has 6 nitrogen and oxygen atoms in total. The number of carbonyl (C=O) groups excluding carboxylic acids is 1. The van der Waals surface area contributed by atoms with Crippen molar-refractivity contribution < 1.29 is 17.9 Å². The van der Waals surface area contributed by atoms with E-state index in [1.807, 2.05) is 37.3 Å². The van der Waals surface area contributed by atoms with E-state index in [9.17, 15) is 13.2 Å². The number of sulfonamides is 1. The summed E-state index contributed by atoms with van der Waals surface area (Å²) in [4.78, 5) is 12.6. The van der Waals surface area contributed by atoms with E-state index in [0.717, 1.165) is 11.1 Å². The summed E-state index contributed by atoms with van der Waals surface area (Å²) in [5.41, 5.74) is 3.61. The predicted molar refractivity (Wildman–Crippen MR) is 122 cm³/mol. The van der Waals surface area contributed by atoms with E-state index in [2.05, 4.69) is 10.0 Å². The average Bonchev–Trinajstić information content (AvgIpc) is 2.75. The van der Waals surface area contributed by atoms with Gasteiger partial charge in [-0.1, -0.05) is 48.0 Å². The Labute approximate surface area is 183 Å². The lowest BCUT2D eigenvalue weighted by atomic mass is 10.1. The minimum atomic E-state index is -3.70. The fourth-order valence-electron chi connectivity index (χ4n) is 2.94. The number of anilines is 1. The van der Waals surface area contributed by atoms with Crippen LogP contribution in [-0.4, -0.2) is 27.5 Å². The van der Waals surface area contributed by atoms with Crippen molar-refractivity contribution in [2.75, 3.05) is 17.9 Å². The number of benzene rings is 3. The van der Waals surface area contributed by atoms with Crippen LogP contribution >= 0.6 is 0 Å². The molecule has 0 saturated carbocycles. The first-order valence-corrected chi connectivity index (χ1v) is 11.4. The Morgan fingerprint density at radius 3 is 2.32 bits per heavy atom. The van der Waals surface area contributed by atoms with Crippen molar-refractivity contribution in [1.29, 1.82) is 0 Å². The summed E-state index contributed by atoms with van der Waals surface area (Å²) in [5, 5.41) is 2.81. The molecule has 0 radical (unpaired) electrons. The predicted octanol–water partition coefficient (Wildman–Crippen LogP) is 4.05. The zero-order valence-electron chi connectivity index (χ0n) is 17.6. The van der Waals surface area contributed by atoms with Gasteiger partial charge in [-0.05, 0) is 55.3 Å². The van der Waals surface area contributed by atoms with Crippen LogP contribution in [0.5, 0.6) is 0 Å². The van der Waals surface area contributed by atoms with Gasteiger partial charge >= 0.3 is 0 Å². The summed E-state index contributed by atoms with van der Waals surface area (Å²) < 4.78 is 33.3. The zero-order valence-corrected chi connectivity index (χ0v) is 18.4. The zero-order chi connectivity index (χ0) is 22.3. The molecule has 0 saturated heterocycles. The van der Waals surface area contributed by atoms with Crippen molar-refractivity contribution in [3.63, 3.8) is 0 Å². The number of amides is 1. The molecule has 0 aliphatic rings. The lowest BCUT2D eigenvalue weighted by molar-refractivity contribution is 0.0901. The van der Waals surface area contributed by atoms with Gasteiger partial charge in [-0.15, -0.1) is 0 Å². The van der Waals surface area contributed by atoms with E-state index in [1.165, 1.54) is 0 Å². The van der Waals surface area contributed by atoms with Crippen LogP contribution in [-0.2, 0) is 21.4 Å². The first kappa shape index (κ1) is 22.5. The van der Waals surface area contributed by atoms with Gasteiger partial charge in [0.05, 0.1) is 23.8 Å². The fourth-order valence-corrected chi connectivity index (χ4v) is 4.07. The first-order valence-electron chi connectivity index (χ1n) is 9.95. The lowest BCUT2D eigenvalue weighted by Crippen LogP contribution is -2.27. The van der Waals surface area contributed by atoms with Gasteiger partial charge < -0.3 is 10.1 Å². The lowest BCUT2D eigenvalue weighted by Gasteiger charge is -2.12. The Morgan fingerprint density at radius 1 is 0.935 bits per heavy atom. The summed E-state index contributed by atoms with van der Waals surface area (Å²) in [7, 11) is -3.70. The molecule has 0 aliphatic heterocycles. The van der Waals surface area contributed by atoms with Crippen LogP contribution in [0.25, 0.3) is 0 Å². The van der Waals surface area contributed by atoms with Crippen LogP contribution in [0.15, 0.2) is 77.7 Å². The van der Waals surface area contributed by atoms with Crippen molar-refractivity contribution in [2.45, 2.75) is 25.3 Å². The minimum Gasteiger partial charge on any atom is -0.375 e. The molecule has 7 heteroatoms. The highest BCUT2D eigenvalue weighted by molar-refractivity contribution is 7.92. The third kappa shape index (κ3) is 6.41. The maximum Gasteiger partial charge on any atom is 0.261 e. The standard InChI is InChI=1S/C24H26N2O4S/c1-18-8-11-22(12-9-18)31(28,29)26-23-13-10-21(16-19(23)2)24(27)25-14-15-30-17-20-6-4-3-5-7-20/h3-13,16,26H,14-15,17H2,1-2H3,(H,25,27). The Bertz CT molecular complexity index is 1130. The van der Waals surface area contributed by atoms with Gasteiger partial charge in [0.2, 0.25) is 0 Å². The fraction of sp³-hybridized carbons (Fsp3) is 0.208. The molecular weight excluding hydrogens is 412 g/mol. The minimum absolute atomic E-state index is 0.190. The molecule has 2 N–H and O–H groups in total. The van der Waals surface area contributed by atoms with E-state index in [-0.39, 0.29) is 10.8 Å². The molecule has 0 spiro atoms. The van der Waals surface area contributed by atoms with Crippen LogP contribution in [0.2, 0.25) is 0 Å². The quantitative estimate of drug-likeness (QED) is 0.494. The molecule has 162 valence electrons. The molecule has 0 aliphatic carbocycles. The molecule has 3 rings (SSSR count). The second-order valence-corrected chi connectivity index (χ2v) is 8.92. The second kappa shape index (κ2) is 10.2. The molecule has 3 aromatic rings. The van der Waals surface area contributed by atoms with Crippen molar-refractivity contribution in [3.8, 4) is 0 Å². The normalized spacial score (nSPS) is 11.2. The van der Waals surface area contributed by atoms with E-state index < -0.39 is 10.0 Å². The van der Waals surface area contributed by atoms with Crippen molar-refractivity contribution >= 4 is 21.6 Å². The summed E-state index contributed by atoms with van der Waals surface area (Å²) >= 11 is 0. The molecule has 0 aromatic heterocycles. The number of aryl methyl sites for hydroxylation is 2. The van der Waals surface area contributed by atoms with Gasteiger partial charge in [-0.25, -0.2) is 8.42 Å². The van der Waals surface area contributed by atoms with E-state index >= 15 is 0 Å². The number of rotatable bonds is 9. The van der Waals surface area contributed by atoms with Crippen molar-refractivity contribution in [3.05, 3.63) is 95.1 Å². The van der Waals surface area contributed by atoms with Crippen LogP contribution in [0.3, 0.4) is 0 Å². The molecular formula is C24H26N2O4S. The second-order valence-electron chi connectivity index (χ2n) is 7.24.